The number of alkyl halides is 3. The third kappa shape index (κ3) is 5.62. The SMILES string of the molecule is Cc1ccc(N2CCCN(Cc3ccc(C(F)(F)F)cc3)C2=O)c(NS(=O)(=O)c2ccc(F)cc2)c1. The van der Waals surface area contributed by atoms with E-state index in [9.17, 15) is 30.8 Å². The molecule has 4 rings (SSSR count). The second-order valence-electron chi connectivity index (χ2n) is 8.48. The van der Waals surface area contributed by atoms with Gasteiger partial charge in [-0.3, -0.25) is 9.62 Å². The van der Waals surface area contributed by atoms with Crippen LogP contribution >= 0.6 is 0 Å². The molecule has 11 heteroatoms. The Bertz CT molecular complexity index is 1360. The minimum absolute atomic E-state index is 0.107. The second kappa shape index (κ2) is 9.81. The number of hydrogen-bond acceptors (Lipinski definition) is 3. The highest BCUT2D eigenvalue weighted by Gasteiger charge is 2.31. The molecule has 6 nitrogen and oxygen atoms in total. The number of aryl methyl sites for hydroxylation is 1. The van der Waals surface area contributed by atoms with E-state index in [0.717, 1.165) is 42.0 Å². The summed E-state index contributed by atoms with van der Waals surface area (Å²) in [5.41, 5.74) is 1.05. The molecule has 190 valence electrons. The summed E-state index contributed by atoms with van der Waals surface area (Å²) in [5, 5.41) is 0. The molecule has 0 atom stereocenters. The van der Waals surface area contributed by atoms with Crippen LogP contribution in [0.2, 0.25) is 0 Å². The summed E-state index contributed by atoms with van der Waals surface area (Å²) in [7, 11) is -4.06. The first-order chi connectivity index (χ1) is 16.9. The summed E-state index contributed by atoms with van der Waals surface area (Å²) in [6.45, 7) is 2.61. The third-order valence-electron chi connectivity index (χ3n) is 5.78. The van der Waals surface area contributed by atoms with E-state index in [4.69, 9.17) is 0 Å². The maximum Gasteiger partial charge on any atom is 0.416 e. The van der Waals surface area contributed by atoms with Crippen LogP contribution < -0.4 is 9.62 Å². The number of carbonyl (C=O) groups is 1. The van der Waals surface area contributed by atoms with Gasteiger partial charge < -0.3 is 4.90 Å². The first kappa shape index (κ1) is 25.5. The Morgan fingerprint density at radius 2 is 1.61 bits per heavy atom. The molecule has 0 aromatic heterocycles. The molecule has 1 saturated heterocycles. The van der Waals surface area contributed by atoms with Crippen LogP contribution in [0.3, 0.4) is 0 Å². The first-order valence-electron chi connectivity index (χ1n) is 11.1. The van der Waals surface area contributed by atoms with Crippen molar-refractivity contribution >= 4 is 27.4 Å². The van der Waals surface area contributed by atoms with Crippen molar-refractivity contribution in [3.63, 3.8) is 0 Å². The summed E-state index contributed by atoms with van der Waals surface area (Å²) in [6.07, 6.45) is -3.87. The Kier molecular flexibility index (Phi) is 6.94. The van der Waals surface area contributed by atoms with Gasteiger partial charge in [-0.1, -0.05) is 18.2 Å². The van der Waals surface area contributed by atoms with Crippen molar-refractivity contribution in [3.8, 4) is 0 Å². The summed E-state index contributed by atoms with van der Waals surface area (Å²) in [6, 6.07) is 13.6. The molecular weight excluding hydrogens is 498 g/mol. The predicted molar refractivity (Wildman–Crippen MR) is 128 cm³/mol. The van der Waals surface area contributed by atoms with E-state index >= 15 is 0 Å². The van der Waals surface area contributed by atoms with Crippen LogP contribution in [-0.2, 0) is 22.7 Å². The Morgan fingerprint density at radius 3 is 2.25 bits per heavy atom. The molecule has 1 aliphatic heterocycles. The van der Waals surface area contributed by atoms with Gasteiger partial charge in [0.1, 0.15) is 5.82 Å². The lowest BCUT2D eigenvalue weighted by Crippen LogP contribution is -2.49. The maximum atomic E-state index is 13.3. The number of hydrogen-bond donors (Lipinski definition) is 1. The van der Waals surface area contributed by atoms with Gasteiger partial charge in [0, 0.05) is 19.6 Å². The number of sulfonamides is 1. The van der Waals surface area contributed by atoms with Gasteiger partial charge in [-0.15, -0.1) is 0 Å². The average molecular weight is 522 g/mol. The van der Waals surface area contributed by atoms with Gasteiger partial charge in [-0.05, 0) is 73.0 Å². The molecule has 1 heterocycles. The lowest BCUT2D eigenvalue weighted by atomic mass is 10.1. The zero-order chi connectivity index (χ0) is 26.1. The number of rotatable bonds is 6. The molecule has 0 aliphatic carbocycles. The zero-order valence-corrected chi connectivity index (χ0v) is 20.0. The van der Waals surface area contributed by atoms with Crippen LogP contribution in [0.25, 0.3) is 0 Å². The van der Waals surface area contributed by atoms with Crippen molar-refractivity contribution in [3.05, 3.63) is 89.2 Å². The zero-order valence-electron chi connectivity index (χ0n) is 19.2. The Morgan fingerprint density at radius 1 is 0.944 bits per heavy atom. The largest absolute Gasteiger partial charge is 0.416 e. The van der Waals surface area contributed by atoms with Crippen LogP contribution in [-0.4, -0.2) is 32.4 Å². The number of anilines is 2. The molecule has 1 aliphatic rings. The molecule has 3 aromatic rings. The molecule has 0 bridgehead atoms. The number of benzene rings is 3. The highest BCUT2D eigenvalue weighted by Crippen LogP contribution is 2.33. The van der Waals surface area contributed by atoms with Gasteiger partial charge in [-0.2, -0.15) is 13.2 Å². The fourth-order valence-corrected chi connectivity index (χ4v) is 5.02. The standard InChI is InChI=1S/C25H23F4N3O3S/c1-17-3-12-23(22(15-17)30-36(34,35)21-10-8-20(26)9-11-21)32-14-2-13-31(24(32)33)16-18-4-6-19(7-5-18)25(27,28)29/h3-12,15,30H,2,13-14,16H2,1H3. The monoisotopic (exact) mass is 521 g/mol. The highest BCUT2D eigenvalue weighted by atomic mass is 32.2. The van der Waals surface area contributed by atoms with Crippen molar-refractivity contribution in [2.45, 2.75) is 31.0 Å². The van der Waals surface area contributed by atoms with E-state index in [1.54, 1.807) is 25.1 Å². The Balaban J connectivity index is 1.58. The van der Waals surface area contributed by atoms with E-state index in [1.807, 2.05) is 0 Å². The van der Waals surface area contributed by atoms with E-state index in [1.165, 1.54) is 21.9 Å². The lowest BCUT2D eigenvalue weighted by molar-refractivity contribution is -0.137. The van der Waals surface area contributed by atoms with Crippen molar-refractivity contribution in [2.24, 2.45) is 0 Å². The van der Waals surface area contributed by atoms with E-state index in [2.05, 4.69) is 4.72 Å². The first-order valence-corrected chi connectivity index (χ1v) is 12.5. The minimum atomic E-state index is -4.45. The predicted octanol–water partition coefficient (Wildman–Crippen LogP) is 5.79. The van der Waals surface area contributed by atoms with Crippen LogP contribution in [0.15, 0.2) is 71.6 Å². The van der Waals surface area contributed by atoms with Crippen molar-refractivity contribution in [2.75, 3.05) is 22.7 Å². The average Bonchev–Trinajstić information content (AvgIpc) is 2.81. The van der Waals surface area contributed by atoms with Gasteiger partial charge in [0.25, 0.3) is 10.0 Å². The summed E-state index contributed by atoms with van der Waals surface area (Å²) >= 11 is 0. The number of carbonyl (C=O) groups excluding carboxylic acids is 1. The summed E-state index contributed by atoms with van der Waals surface area (Å²) in [5.74, 6) is -0.572. The third-order valence-corrected chi connectivity index (χ3v) is 7.16. The number of urea groups is 1. The molecule has 0 unspecified atom stereocenters. The summed E-state index contributed by atoms with van der Waals surface area (Å²) in [4.78, 5) is 16.1. The maximum absolute atomic E-state index is 13.3. The fraction of sp³-hybridized carbons (Fsp3) is 0.240. The van der Waals surface area contributed by atoms with E-state index < -0.39 is 33.6 Å². The highest BCUT2D eigenvalue weighted by molar-refractivity contribution is 7.92. The van der Waals surface area contributed by atoms with Gasteiger partial charge in [0.15, 0.2) is 0 Å². The quantitative estimate of drug-likeness (QED) is 0.418. The molecule has 1 fully saturated rings. The molecule has 0 radical (unpaired) electrons. The molecule has 1 N–H and O–H groups in total. The Hall–Kier alpha value is -3.60. The van der Waals surface area contributed by atoms with Crippen LogP contribution in [0, 0.1) is 12.7 Å². The topological polar surface area (TPSA) is 69.7 Å². The van der Waals surface area contributed by atoms with Crippen molar-refractivity contribution in [1.29, 1.82) is 0 Å². The molecule has 0 saturated carbocycles. The van der Waals surface area contributed by atoms with E-state index in [-0.39, 0.29) is 17.1 Å². The van der Waals surface area contributed by atoms with Crippen LogP contribution in [0.4, 0.5) is 33.7 Å². The minimum Gasteiger partial charge on any atom is -0.320 e. The van der Waals surface area contributed by atoms with E-state index in [0.29, 0.717) is 30.8 Å². The van der Waals surface area contributed by atoms with Gasteiger partial charge >= 0.3 is 12.2 Å². The number of nitrogens with one attached hydrogen (secondary N) is 1. The van der Waals surface area contributed by atoms with Crippen molar-refractivity contribution in [1.82, 2.24) is 4.90 Å². The Labute approximate surface area is 206 Å². The number of halogens is 4. The fourth-order valence-electron chi connectivity index (χ4n) is 3.96. The van der Waals surface area contributed by atoms with Gasteiger partial charge in [-0.25, -0.2) is 17.6 Å². The van der Waals surface area contributed by atoms with Gasteiger partial charge in [0.2, 0.25) is 0 Å². The van der Waals surface area contributed by atoms with Crippen LogP contribution in [0.5, 0.6) is 0 Å². The van der Waals surface area contributed by atoms with Crippen LogP contribution in [0.1, 0.15) is 23.1 Å². The second-order valence-corrected chi connectivity index (χ2v) is 10.2. The number of amides is 2. The number of nitrogens with zero attached hydrogens (tertiary/aromatic N) is 2. The molecule has 36 heavy (non-hydrogen) atoms. The lowest BCUT2D eigenvalue weighted by Gasteiger charge is -2.36. The molecule has 0 spiro atoms. The van der Waals surface area contributed by atoms with Crippen molar-refractivity contribution < 1.29 is 30.8 Å². The smallest absolute Gasteiger partial charge is 0.320 e. The summed E-state index contributed by atoms with van der Waals surface area (Å²) < 4.78 is 80.1. The molecule has 2 amide bonds. The normalized spacial score (nSPS) is 14.8. The van der Waals surface area contributed by atoms with Gasteiger partial charge in [0.05, 0.1) is 21.8 Å². The molecular formula is C25H23F4N3O3S. The molecule has 3 aromatic carbocycles.